The van der Waals surface area contributed by atoms with Crippen molar-refractivity contribution in [3.05, 3.63) is 12.2 Å². The quantitative estimate of drug-likeness (QED) is 0.529. The predicted octanol–water partition coefficient (Wildman–Crippen LogP) is 0.0779. The van der Waals surface area contributed by atoms with Crippen LogP contribution in [0.5, 0.6) is 0 Å². The van der Waals surface area contributed by atoms with E-state index in [2.05, 4.69) is 0 Å². The average Bonchev–Trinajstić information content (AvgIpc) is 3.09. The summed E-state index contributed by atoms with van der Waals surface area (Å²) in [5, 5.41) is 0. The first-order valence-electron chi connectivity index (χ1n) is 7.15. The van der Waals surface area contributed by atoms with Gasteiger partial charge in [-0.3, -0.25) is 9.59 Å². The van der Waals surface area contributed by atoms with E-state index in [1.54, 1.807) is 11.8 Å². The smallest absolute Gasteiger partial charge is 0.312 e. The maximum atomic E-state index is 12.6. The zero-order valence-electron chi connectivity index (χ0n) is 11.3. The van der Waals surface area contributed by atoms with Crippen molar-refractivity contribution >= 4 is 11.9 Å². The molecular weight excluding hydrogens is 262 g/mol. The lowest BCUT2D eigenvalue weighted by atomic mass is 9.76. The van der Waals surface area contributed by atoms with Crippen LogP contribution in [0.4, 0.5) is 0 Å². The molecule has 3 saturated heterocycles. The normalized spacial score (nSPS) is 44.6. The molecule has 4 rings (SSSR count). The third-order valence-corrected chi connectivity index (χ3v) is 4.68. The predicted molar refractivity (Wildman–Crippen MR) is 66.4 cm³/mol. The minimum atomic E-state index is -0.792. The highest BCUT2D eigenvalue weighted by Crippen LogP contribution is 2.55. The topological polar surface area (TPSA) is 65.1 Å². The largest absolute Gasteiger partial charge is 0.466 e. The van der Waals surface area contributed by atoms with Gasteiger partial charge in [-0.25, -0.2) is 0 Å². The molecule has 0 aromatic carbocycles. The maximum absolute atomic E-state index is 12.6. The number of amides is 1. The number of esters is 1. The molecule has 4 aliphatic rings. The third kappa shape index (κ3) is 1.31. The molecule has 1 spiro atoms. The van der Waals surface area contributed by atoms with E-state index in [9.17, 15) is 9.59 Å². The molecule has 6 nitrogen and oxygen atoms in total. The highest BCUT2D eigenvalue weighted by molar-refractivity contribution is 5.91. The van der Waals surface area contributed by atoms with Crippen molar-refractivity contribution in [2.45, 2.75) is 31.3 Å². The molecule has 4 aliphatic heterocycles. The number of carbonyl (C=O) groups is 2. The second kappa shape index (κ2) is 4.05. The molecule has 6 heteroatoms. The minimum absolute atomic E-state index is 0.0420. The van der Waals surface area contributed by atoms with Gasteiger partial charge < -0.3 is 19.1 Å². The van der Waals surface area contributed by atoms with Crippen LogP contribution in [0.25, 0.3) is 0 Å². The Morgan fingerprint density at radius 1 is 1.60 bits per heavy atom. The fourth-order valence-corrected chi connectivity index (χ4v) is 3.96. The van der Waals surface area contributed by atoms with Crippen molar-refractivity contribution in [2.75, 3.05) is 19.8 Å². The van der Waals surface area contributed by atoms with E-state index >= 15 is 0 Å². The van der Waals surface area contributed by atoms with Gasteiger partial charge in [0.05, 0.1) is 25.2 Å². The van der Waals surface area contributed by atoms with Crippen molar-refractivity contribution in [2.24, 2.45) is 11.8 Å². The van der Waals surface area contributed by atoms with Crippen LogP contribution in [0.2, 0.25) is 0 Å². The molecule has 0 aromatic heterocycles. The van der Waals surface area contributed by atoms with Crippen molar-refractivity contribution in [3.63, 3.8) is 0 Å². The molecule has 0 N–H and O–H groups in total. The average molecular weight is 279 g/mol. The summed E-state index contributed by atoms with van der Waals surface area (Å²) in [7, 11) is 0. The van der Waals surface area contributed by atoms with E-state index < -0.39 is 23.7 Å². The van der Waals surface area contributed by atoms with Gasteiger partial charge in [0, 0.05) is 6.54 Å². The Balaban J connectivity index is 1.73. The van der Waals surface area contributed by atoms with Gasteiger partial charge in [0.1, 0.15) is 11.5 Å². The number of ether oxygens (including phenoxy) is 3. The molecule has 0 radical (unpaired) electrons. The third-order valence-electron chi connectivity index (χ3n) is 4.68. The summed E-state index contributed by atoms with van der Waals surface area (Å²) in [5.41, 5.74) is -0.792. The van der Waals surface area contributed by atoms with E-state index in [0.29, 0.717) is 19.8 Å². The molecule has 3 fully saturated rings. The summed E-state index contributed by atoms with van der Waals surface area (Å²) in [5.74, 6) is -1.43. The lowest BCUT2D eigenvalue weighted by Crippen LogP contribution is -2.49. The Labute approximate surface area is 116 Å². The van der Waals surface area contributed by atoms with Gasteiger partial charge >= 0.3 is 5.97 Å². The maximum Gasteiger partial charge on any atom is 0.312 e. The number of fused-ring (bicyclic) bond motifs is 2. The standard InChI is InChI=1S/C14H17NO5/c1-2-18-12(17)9-8-4-5-14(20-8)10(9)11(16)15-6-3-7-19-13(14)15/h4-5,8-10,13H,2-3,6-7H2,1H3/t8-,9-,10+,13+,14-/m1/s1. The first-order chi connectivity index (χ1) is 9.69. The Morgan fingerprint density at radius 2 is 2.45 bits per heavy atom. The first-order valence-corrected chi connectivity index (χ1v) is 7.15. The van der Waals surface area contributed by atoms with E-state index in [0.717, 1.165) is 6.42 Å². The van der Waals surface area contributed by atoms with E-state index in [1.807, 2.05) is 12.2 Å². The van der Waals surface area contributed by atoms with Crippen LogP contribution in [-0.4, -0.2) is 54.5 Å². The number of carbonyl (C=O) groups excluding carboxylic acids is 2. The Morgan fingerprint density at radius 3 is 3.25 bits per heavy atom. The summed E-state index contributed by atoms with van der Waals surface area (Å²) < 4.78 is 16.9. The highest BCUT2D eigenvalue weighted by Gasteiger charge is 2.72. The van der Waals surface area contributed by atoms with E-state index in [-0.39, 0.29) is 18.0 Å². The van der Waals surface area contributed by atoms with Gasteiger partial charge in [-0.15, -0.1) is 0 Å². The second-order valence-electron chi connectivity index (χ2n) is 5.66. The first kappa shape index (κ1) is 12.3. The van der Waals surface area contributed by atoms with E-state index in [4.69, 9.17) is 14.2 Å². The molecule has 2 bridgehead atoms. The molecule has 20 heavy (non-hydrogen) atoms. The van der Waals surface area contributed by atoms with Crippen LogP contribution in [0.3, 0.4) is 0 Å². The number of hydrogen-bond acceptors (Lipinski definition) is 5. The fraction of sp³-hybridized carbons (Fsp3) is 0.714. The fourth-order valence-electron chi connectivity index (χ4n) is 3.96. The van der Waals surface area contributed by atoms with Crippen LogP contribution < -0.4 is 0 Å². The summed E-state index contributed by atoms with van der Waals surface area (Å²) in [4.78, 5) is 26.5. The molecular formula is C14H17NO5. The van der Waals surface area contributed by atoms with Crippen LogP contribution in [0.15, 0.2) is 12.2 Å². The van der Waals surface area contributed by atoms with Crippen LogP contribution in [0, 0.1) is 11.8 Å². The molecule has 5 atom stereocenters. The molecule has 0 saturated carbocycles. The van der Waals surface area contributed by atoms with Crippen LogP contribution in [-0.2, 0) is 23.8 Å². The summed E-state index contributed by atoms with van der Waals surface area (Å²) in [6.45, 7) is 3.36. The molecule has 0 unspecified atom stereocenters. The summed E-state index contributed by atoms with van der Waals surface area (Å²) in [6, 6.07) is 0. The Kier molecular flexibility index (Phi) is 2.50. The Hall–Kier alpha value is -1.40. The number of rotatable bonds is 2. The highest BCUT2D eigenvalue weighted by atomic mass is 16.6. The van der Waals surface area contributed by atoms with Crippen molar-refractivity contribution in [1.82, 2.24) is 4.90 Å². The second-order valence-corrected chi connectivity index (χ2v) is 5.66. The summed E-state index contributed by atoms with van der Waals surface area (Å²) >= 11 is 0. The number of nitrogens with zero attached hydrogens (tertiary/aromatic N) is 1. The van der Waals surface area contributed by atoms with Crippen LogP contribution in [0.1, 0.15) is 13.3 Å². The van der Waals surface area contributed by atoms with Crippen LogP contribution >= 0.6 is 0 Å². The molecule has 0 aliphatic carbocycles. The SMILES string of the molecule is CCOC(=O)[C@H]1[C@H]2C(=O)N3CCCO[C@H]3[C@@]23C=C[C@H]1O3. The zero-order valence-corrected chi connectivity index (χ0v) is 11.3. The lowest BCUT2D eigenvalue weighted by molar-refractivity contribution is -0.168. The number of hydrogen-bond donors (Lipinski definition) is 0. The van der Waals surface area contributed by atoms with Gasteiger partial charge in [-0.05, 0) is 19.4 Å². The molecule has 4 heterocycles. The molecule has 0 aromatic rings. The summed E-state index contributed by atoms with van der Waals surface area (Å²) in [6.07, 6.45) is 3.84. The molecule has 108 valence electrons. The lowest BCUT2D eigenvalue weighted by Gasteiger charge is -2.36. The van der Waals surface area contributed by atoms with Gasteiger partial charge in [0.15, 0.2) is 6.23 Å². The molecule has 1 amide bonds. The van der Waals surface area contributed by atoms with Crippen molar-refractivity contribution in [3.8, 4) is 0 Å². The van der Waals surface area contributed by atoms with Gasteiger partial charge in [-0.1, -0.05) is 6.08 Å². The van der Waals surface area contributed by atoms with Crippen molar-refractivity contribution < 1.29 is 23.8 Å². The van der Waals surface area contributed by atoms with Gasteiger partial charge in [0.25, 0.3) is 0 Å². The van der Waals surface area contributed by atoms with E-state index in [1.165, 1.54) is 0 Å². The monoisotopic (exact) mass is 279 g/mol. The van der Waals surface area contributed by atoms with Gasteiger partial charge in [0.2, 0.25) is 5.91 Å². The minimum Gasteiger partial charge on any atom is -0.466 e. The van der Waals surface area contributed by atoms with Crippen molar-refractivity contribution in [1.29, 1.82) is 0 Å². The Bertz CT molecular complexity index is 504. The van der Waals surface area contributed by atoms with Gasteiger partial charge in [-0.2, -0.15) is 0 Å². The zero-order chi connectivity index (χ0) is 13.9.